The van der Waals surface area contributed by atoms with Gasteiger partial charge in [0, 0.05) is 31.4 Å². The van der Waals surface area contributed by atoms with Crippen molar-refractivity contribution in [1.82, 2.24) is 15.1 Å². The molecule has 1 N–H and O–H groups in total. The smallest absolute Gasteiger partial charge is 0.261 e. The highest BCUT2D eigenvalue weighted by Crippen LogP contribution is 1.98. The second-order valence-corrected chi connectivity index (χ2v) is 3.75. The molecule has 0 unspecified atom stereocenters. The van der Waals surface area contributed by atoms with Crippen LogP contribution in [0.4, 0.5) is 8.78 Å². The summed E-state index contributed by atoms with van der Waals surface area (Å²) in [6, 6.07) is 0. The largest absolute Gasteiger partial charge is 0.374 e. The van der Waals surface area contributed by atoms with Crippen LogP contribution in [0.5, 0.6) is 0 Å². The summed E-state index contributed by atoms with van der Waals surface area (Å²) in [5.41, 5.74) is 1.09. The van der Waals surface area contributed by atoms with Gasteiger partial charge in [-0.1, -0.05) is 6.92 Å². The third-order valence-electron chi connectivity index (χ3n) is 2.14. The van der Waals surface area contributed by atoms with Crippen LogP contribution in [0.1, 0.15) is 18.9 Å². The molecule has 17 heavy (non-hydrogen) atoms. The zero-order valence-electron chi connectivity index (χ0n) is 10.0. The second-order valence-electron chi connectivity index (χ2n) is 3.75. The van der Waals surface area contributed by atoms with E-state index in [2.05, 4.69) is 17.3 Å². The Bertz CT molecular complexity index is 305. The van der Waals surface area contributed by atoms with Crippen molar-refractivity contribution in [2.24, 2.45) is 0 Å². The van der Waals surface area contributed by atoms with E-state index >= 15 is 0 Å². The number of ether oxygens (including phenoxy) is 1. The zero-order valence-corrected chi connectivity index (χ0v) is 10.0. The van der Waals surface area contributed by atoms with E-state index in [4.69, 9.17) is 4.74 Å². The van der Waals surface area contributed by atoms with E-state index in [-0.39, 0.29) is 0 Å². The minimum Gasteiger partial charge on any atom is -0.374 e. The number of halogens is 2. The summed E-state index contributed by atoms with van der Waals surface area (Å²) >= 11 is 0. The highest BCUT2D eigenvalue weighted by molar-refractivity contribution is 5.03. The van der Waals surface area contributed by atoms with Crippen LogP contribution >= 0.6 is 0 Å². The van der Waals surface area contributed by atoms with Crippen LogP contribution in [0.3, 0.4) is 0 Å². The molecule has 0 aliphatic rings. The molecule has 98 valence electrons. The van der Waals surface area contributed by atoms with Crippen molar-refractivity contribution in [3.63, 3.8) is 0 Å². The van der Waals surface area contributed by atoms with Crippen molar-refractivity contribution in [3.05, 3.63) is 18.0 Å². The predicted octanol–water partition coefficient (Wildman–Crippen LogP) is 1.66. The first-order valence-corrected chi connectivity index (χ1v) is 5.80. The third kappa shape index (κ3) is 6.33. The third-order valence-corrected chi connectivity index (χ3v) is 2.14. The van der Waals surface area contributed by atoms with Crippen LogP contribution in [0.25, 0.3) is 0 Å². The van der Waals surface area contributed by atoms with Gasteiger partial charge in [0.25, 0.3) is 6.43 Å². The molecule has 0 radical (unpaired) electrons. The topological polar surface area (TPSA) is 39.1 Å². The normalized spacial score (nSPS) is 11.3. The first-order chi connectivity index (χ1) is 8.22. The molecule has 0 aromatic carbocycles. The minimum atomic E-state index is -2.39. The molecule has 1 aromatic heterocycles. The fraction of sp³-hybridized carbons (Fsp3) is 0.727. The number of nitrogens with one attached hydrogen (secondary N) is 1. The minimum absolute atomic E-state index is 0.299. The monoisotopic (exact) mass is 247 g/mol. The summed E-state index contributed by atoms with van der Waals surface area (Å²) in [6.07, 6.45) is 2.46. The first-order valence-electron chi connectivity index (χ1n) is 5.80. The number of rotatable bonds is 9. The molecule has 1 aromatic rings. The lowest BCUT2D eigenvalue weighted by Crippen LogP contribution is -2.20. The predicted molar refractivity (Wildman–Crippen MR) is 61.0 cm³/mol. The zero-order chi connectivity index (χ0) is 12.5. The second kappa shape index (κ2) is 8.14. The SMILES string of the molecule is CCCn1cc(CNCCOCC(F)F)cn1. The number of alkyl halides is 2. The fourth-order valence-corrected chi connectivity index (χ4v) is 1.40. The Morgan fingerprint density at radius 3 is 3.06 bits per heavy atom. The van der Waals surface area contributed by atoms with Gasteiger partial charge in [-0.25, -0.2) is 8.78 Å². The van der Waals surface area contributed by atoms with Gasteiger partial charge < -0.3 is 10.1 Å². The Balaban J connectivity index is 2.05. The first kappa shape index (κ1) is 14.1. The summed E-state index contributed by atoms with van der Waals surface area (Å²) in [6.45, 7) is 4.06. The van der Waals surface area contributed by atoms with Crippen molar-refractivity contribution in [2.75, 3.05) is 19.8 Å². The van der Waals surface area contributed by atoms with Crippen LogP contribution in [0, 0.1) is 0 Å². The molecule has 0 saturated heterocycles. The summed E-state index contributed by atoms with van der Waals surface area (Å²) in [7, 11) is 0. The van der Waals surface area contributed by atoms with E-state index in [9.17, 15) is 8.78 Å². The van der Waals surface area contributed by atoms with Gasteiger partial charge in [-0.05, 0) is 6.42 Å². The molecule has 0 spiro atoms. The summed E-state index contributed by atoms with van der Waals surface area (Å²) in [5.74, 6) is 0. The number of aryl methyl sites for hydroxylation is 1. The molecular formula is C11H19F2N3O. The molecule has 4 nitrogen and oxygen atoms in total. The Morgan fingerprint density at radius 2 is 2.35 bits per heavy atom. The number of nitrogens with zero attached hydrogens (tertiary/aromatic N) is 2. The fourth-order valence-electron chi connectivity index (χ4n) is 1.40. The average molecular weight is 247 g/mol. The molecule has 0 amide bonds. The van der Waals surface area contributed by atoms with Gasteiger partial charge >= 0.3 is 0 Å². The highest BCUT2D eigenvalue weighted by Gasteiger charge is 2.01. The van der Waals surface area contributed by atoms with Gasteiger partial charge in [0.15, 0.2) is 0 Å². The summed E-state index contributed by atoms with van der Waals surface area (Å²) in [4.78, 5) is 0. The van der Waals surface area contributed by atoms with Crippen LogP contribution < -0.4 is 5.32 Å². The van der Waals surface area contributed by atoms with Gasteiger partial charge in [-0.3, -0.25) is 4.68 Å². The maximum atomic E-state index is 11.7. The maximum Gasteiger partial charge on any atom is 0.261 e. The molecule has 0 fully saturated rings. The van der Waals surface area contributed by atoms with Crippen LogP contribution in [-0.4, -0.2) is 36.0 Å². The molecule has 0 atom stereocenters. The van der Waals surface area contributed by atoms with Crippen LogP contribution in [-0.2, 0) is 17.8 Å². The van der Waals surface area contributed by atoms with Crippen LogP contribution in [0.15, 0.2) is 12.4 Å². The van der Waals surface area contributed by atoms with Crippen molar-refractivity contribution in [2.45, 2.75) is 32.9 Å². The van der Waals surface area contributed by atoms with E-state index in [1.807, 2.05) is 17.1 Å². The van der Waals surface area contributed by atoms with E-state index < -0.39 is 13.0 Å². The lowest BCUT2D eigenvalue weighted by Gasteiger charge is -2.04. The molecular weight excluding hydrogens is 228 g/mol. The summed E-state index contributed by atoms with van der Waals surface area (Å²) < 4.78 is 30.1. The number of hydrogen-bond donors (Lipinski definition) is 1. The molecule has 1 rings (SSSR count). The molecule has 1 heterocycles. The van der Waals surface area contributed by atoms with Gasteiger partial charge in [0.2, 0.25) is 0 Å². The Labute approximate surface area is 100.0 Å². The Kier molecular flexibility index (Phi) is 6.73. The molecule has 0 aliphatic heterocycles. The molecule has 0 aliphatic carbocycles. The lowest BCUT2D eigenvalue weighted by atomic mass is 10.3. The van der Waals surface area contributed by atoms with E-state index in [1.54, 1.807) is 0 Å². The Hall–Kier alpha value is -1.01. The van der Waals surface area contributed by atoms with Crippen molar-refractivity contribution in [3.8, 4) is 0 Å². The molecule has 0 bridgehead atoms. The quantitative estimate of drug-likeness (QED) is 0.675. The van der Waals surface area contributed by atoms with Crippen molar-refractivity contribution < 1.29 is 13.5 Å². The van der Waals surface area contributed by atoms with Gasteiger partial charge in [-0.2, -0.15) is 5.10 Å². The molecule has 0 saturated carbocycles. The van der Waals surface area contributed by atoms with Crippen molar-refractivity contribution in [1.29, 1.82) is 0 Å². The molecule has 6 heteroatoms. The maximum absolute atomic E-state index is 11.7. The summed E-state index contributed by atoms with van der Waals surface area (Å²) in [5, 5.41) is 7.30. The number of aromatic nitrogens is 2. The van der Waals surface area contributed by atoms with Gasteiger partial charge in [0.05, 0.1) is 12.8 Å². The van der Waals surface area contributed by atoms with Crippen molar-refractivity contribution >= 4 is 0 Å². The lowest BCUT2D eigenvalue weighted by molar-refractivity contribution is 0.0187. The highest BCUT2D eigenvalue weighted by atomic mass is 19.3. The average Bonchev–Trinajstić information content (AvgIpc) is 2.71. The Morgan fingerprint density at radius 1 is 1.53 bits per heavy atom. The van der Waals surface area contributed by atoms with Crippen LogP contribution in [0.2, 0.25) is 0 Å². The van der Waals surface area contributed by atoms with E-state index in [1.165, 1.54) is 0 Å². The van der Waals surface area contributed by atoms with Gasteiger partial charge in [-0.15, -0.1) is 0 Å². The van der Waals surface area contributed by atoms with Gasteiger partial charge in [0.1, 0.15) is 6.61 Å². The van der Waals surface area contributed by atoms with E-state index in [0.717, 1.165) is 18.5 Å². The number of hydrogen-bond acceptors (Lipinski definition) is 3. The van der Waals surface area contributed by atoms with E-state index in [0.29, 0.717) is 19.7 Å². The standard InChI is InChI=1S/C11H19F2N3O/c1-2-4-16-8-10(7-15-16)6-14-3-5-17-9-11(12)13/h7-8,11,14H,2-6,9H2,1H3.